The first-order valence-electron chi connectivity index (χ1n) is 5.48. The Balaban J connectivity index is 2.83. The number of carbonyl (C=O) groups is 2. The SMILES string of the molecule is CNc1ccc(C(=O)NCCC(N)=O)cc1[N+](=O)[O-]. The second-order valence-corrected chi connectivity index (χ2v) is 3.71. The van der Waals surface area contributed by atoms with Crippen LogP contribution in [0.15, 0.2) is 18.2 Å². The maximum Gasteiger partial charge on any atom is 0.293 e. The lowest BCUT2D eigenvalue weighted by molar-refractivity contribution is -0.384. The maximum absolute atomic E-state index is 11.7. The van der Waals surface area contributed by atoms with E-state index in [1.165, 1.54) is 18.2 Å². The predicted molar refractivity (Wildman–Crippen MR) is 68.8 cm³/mol. The summed E-state index contributed by atoms with van der Waals surface area (Å²) in [7, 11) is 1.55. The van der Waals surface area contributed by atoms with Gasteiger partial charge in [-0.05, 0) is 12.1 Å². The first kappa shape index (κ1) is 14.4. The van der Waals surface area contributed by atoms with Crippen molar-refractivity contribution in [3.8, 4) is 0 Å². The van der Waals surface area contributed by atoms with E-state index in [0.29, 0.717) is 5.69 Å². The number of anilines is 1. The van der Waals surface area contributed by atoms with Gasteiger partial charge in [0.05, 0.1) is 4.92 Å². The number of primary amides is 1. The van der Waals surface area contributed by atoms with Gasteiger partial charge in [-0.2, -0.15) is 0 Å². The molecule has 0 saturated heterocycles. The summed E-state index contributed by atoms with van der Waals surface area (Å²) in [6.07, 6.45) is 0.0163. The molecule has 19 heavy (non-hydrogen) atoms. The molecule has 0 unspecified atom stereocenters. The van der Waals surface area contributed by atoms with Crippen LogP contribution >= 0.6 is 0 Å². The minimum Gasteiger partial charge on any atom is -0.383 e. The van der Waals surface area contributed by atoms with Crippen LogP contribution in [0, 0.1) is 10.1 Å². The van der Waals surface area contributed by atoms with E-state index >= 15 is 0 Å². The molecular formula is C11H14N4O4. The number of amides is 2. The molecule has 8 nitrogen and oxygen atoms in total. The van der Waals surface area contributed by atoms with Gasteiger partial charge in [0.25, 0.3) is 11.6 Å². The van der Waals surface area contributed by atoms with Crippen molar-refractivity contribution in [2.24, 2.45) is 5.73 Å². The number of benzene rings is 1. The van der Waals surface area contributed by atoms with E-state index in [0.717, 1.165) is 0 Å². The Kier molecular flexibility index (Phi) is 4.81. The number of hydrogen-bond acceptors (Lipinski definition) is 5. The molecule has 0 aliphatic carbocycles. The van der Waals surface area contributed by atoms with Crippen molar-refractivity contribution in [3.63, 3.8) is 0 Å². The fourth-order valence-electron chi connectivity index (χ4n) is 1.44. The first-order chi connectivity index (χ1) is 8.95. The second-order valence-electron chi connectivity index (χ2n) is 3.71. The number of nitro benzene ring substituents is 1. The zero-order valence-electron chi connectivity index (χ0n) is 10.3. The van der Waals surface area contributed by atoms with E-state index in [-0.39, 0.29) is 24.2 Å². The zero-order chi connectivity index (χ0) is 14.4. The Morgan fingerprint density at radius 1 is 1.42 bits per heavy atom. The van der Waals surface area contributed by atoms with Gasteiger partial charge in [0, 0.05) is 31.6 Å². The summed E-state index contributed by atoms with van der Waals surface area (Å²) in [6, 6.07) is 4.07. The van der Waals surface area contributed by atoms with E-state index < -0.39 is 16.7 Å². The lowest BCUT2D eigenvalue weighted by Gasteiger charge is -2.06. The second kappa shape index (κ2) is 6.34. The lowest BCUT2D eigenvalue weighted by Crippen LogP contribution is -2.27. The van der Waals surface area contributed by atoms with Crippen LogP contribution in [0.1, 0.15) is 16.8 Å². The summed E-state index contributed by atoms with van der Waals surface area (Å²) in [5.41, 5.74) is 5.21. The normalized spacial score (nSPS) is 9.74. The van der Waals surface area contributed by atoms with Crippen molar-refractivity contribution in [3.05, 3.63) is 33.9 Å². The summed E-state index contributed by atoms with van der Waals surface area (Å²) in [4.78, 5) is 32.5. The molecule has 0 saturated carbocycles. The Bertz CT molecular complexity index is 515. The number of nitrogens with two attached hydrogens (primary N) is 1. The van der Waals surface area contributed by atoms with Crippen LogP contribution in [-0.2, 0) is 4.79 Å². The van der Waals surface area contributed by atoms with E-state index in [1.54, 1.807) is 7.05 Å². The molecule has 4 N–H and O–H groups in total. The van der Waals surface area contributed by atoms with Crippen LogP contribution in [0.3, 0.4) is 0 Å². The summed E-state index contributed by atoms with van der Waals surface area (Å²) in [5, 5.41) is 15.9. The zero-order valence-corrected chi connectivity index (χ0v) is 10.3. The number of carbonyl (C=O) groups excluding carboxylic acids is 2. The maximum atomic E-state index is 11.7. The number of hydrogen-bond donors (Lipinski definition) is 3. The topological polar surface area (TPSA) is 127 Å². The number of rotatable bonds is 6. The fraction of sp³-hybridized carbons (Fsp3) is 0.273. The summed E-state index contributed by atoms with van der Waals surface area (Å²) in [6.45, 7) is 0.0930. The number of nitro groups is 1. The molecule has 1 rings (SSSR count). The van der Waals surface area contributed by atoms with Crippen molar-refractivity contribution >= 4 is 23.2 Å². The summed E-state index contributed by atoms with van der Waals surface area (Å²) in [5.74, 6) is -1.02. The van der Waals surface area contributed by atoms with E-state index in [9.17, 15) is 19.7 Å². The highest BCUT2D eigenvalue weighted by molar-refractivity contribution is 5.95. The van der Waals surface area contributed by atoms with Crippen LogP contribution in [0.25, 0.3) is 0 Å². The van der Waals surface area contributed by atoms with Gasteiger partial charge < -0.3 is 16.4 Å². The summed E-state index contributed by atoms with van der Waals surface area (Å²) >= 11 is 0. The van der Waals surface area contributed by atoms with Crippen molar-refractivity contribution < 1.29 is 14.5 Å². The smallest absolute Gasteiger partial charge is 0.293 e. The Morgan fingerprint density at radius 2 is 2.11 bits per heavy atom. The molecule has 102 valence electrons. The van der Waals surface area contributed by atoms with Gasteiger partial charge in [-0.15, -0.1) is 0 Å². The molecule has 0 aliphatic rings. The molecule has 0 heterocycles. The Labute approximate surface area is 109 Å². The van der Waals surface area contributed by atoms with E-state index in [4.69, 9.17) is 5.73 Å². The Morgan fingerprint density at radius 3 is 2.63 bits per heavy atom. The third-order valence-electron chi connectivity index (χ3n) is 2.38. The monoisotopic (exact) mass is 266 g/mol. The minimum absolute atomic E-state index is 0.0163. The molecule has 1 aromatic carbocycles. The third-order valence-corrected chi connectivity index (χ3v) is 2.38. The Hall–Kier alpha value is -2.64. The van der Waals surface area contributed by atoms with Crippen LogP contribution in [0.5, 0.6) is 0 Å². The first-order valence-corrected chi connectivity index (χ1v) is 5.48. The molecular weight excluding hydrogens is 252 g/mol. The highest BCUT2D eigenvalue weighted by Crippen LogP contribution is 2.24. The highest BCUT2D eigenvalue weighted by atomic mass is 16.6. The van der Waals surface area contributed by atoms with Gasteiger partial charge in [0.15, 0.2) is 0 Å². The van der Waals surface area contributed by atoms with Gasteiger partial charge in [-0.25, -0.2) is 0 Å². The van der Waals surface area contributed by atoms with Crippen molar-refractivity contribution in [2.45, 2.75) is 6.42 Å². The van der Waals surface area contributed by atoms with Crippen LogP contribution in [0.4, 0.5) is 11.4 Å². The molecule has 0 atom stereocenters. The van der Waals surface area contributed by atoms with Gasteiger partial charge in [-0.1, -0.05) is 0 Å². The summed E-state index contributed by atoms with van der Waals surface area (Å²) < 4.78 is 0. The van der Waals surface area contributed by atoms with Gasteiger partial charge in [-0.3, -0.25) is 19.7 Å². The highest BCUT2D eigenvalue weighted by Gasteiger charge is 2.16. The number of nitrogens with one attached hydrogen (secondary N) is 2. The molecule has 0 radical (unpaired) electrons. The van der Waals surface area contributed by atoms with Crippen molar-refractivity contribution in [1.29, 1.82) is 0 Å². The molecule has 0 fully saturated rings. The molecule has 0 aliphatic heterocycles. The molecule has 0 spiro atoms. The van der Waals surface area contributed by atoms with Crippen LogP contribution in [-0.4, -0.2) is 30.3 Å². The lowest BCUT2D eigenvalue weighted by atomic mass is 10.1. The standard InChI is InChI=1S/C11H14N4O4/c1-13-8-3-2-7(6-9(8)15(18)19)11(17)14-5-4-10(12)16/h2-3,6,13H,4-5H2,1H3,(H2,12,16)(H,14,17). The average Bonchev–Trinajstić information content (AvgIpc) is 2.37. The molecule has 8 heteroatoms. The quantitative estimate of drug-likeness (QED) is 0.502. The van der Waals surface area contributed by atoms with Gasteiger partial charge in [0.2, 0.25) is 5.91 Å². The predicted octanol–water partition coefficient (Wildman–Crippen LogP) is 0.242. The molecule has 1 aromatic rings. The fourth-order valence-corrected chi connectivity index (χ4v) is 1.44. The van der Waals surface area contributed by atoms with Gasteiger partial charge in [0.1, 0.15) is 5.69 Å². The van der Waals surface area contributed by atoms with E-state index in [2.05, 4.69) is 10.6 Å². The largest absolute Gasteiger partial charge is 0.383 e. The van der Waals surface area contributed by atoms with Crippen molar-refractivity contribution in [1.82, 2.24) is 5.32 Å². The van der Waals surface area contributed by atoms with Crippen LogP contribution < -0.4 is 16.4 Å². The average molecular weight is 266 g/mol. The third kappa shape index (κ3) is 3.95. The van der Waals surface area contributed by atoms with Crippen molar-refractivity contribution in [2.75, 3.05) is 18.9 Å². The number of nitrogens with zero attached hydrogens (tertiary/aromatic N) is 1. The molecule has 2 amide bonds. The molecule has 0 aromatic heterocycles. The minimum atomic E-state index is -0.577. The molecule has 0 bridgehead atoms. The van der Waals surface area contributed by atoms with Gasteiger partial charge >= 0.3 is 0 Å². The van der Waals surface area contributed by atoms with Crippen LogP contribution in [0.2, 0.25) is 0 Å². The van der Waals surface area contributed by atoms with E-state index in [1.807, 2.05) is 0 Å².